The number of rotatable bonds is 2. The van der Waals surface area contributed by atoms with Gasteiger partial charge >= 0.3 is 5.69 Å². The van der Waals surface area contributed by atoms with Crippen molar-refractivity contribution in [2.45, 2.75) is 72.8 Å². The van der Waals surface area contributed by atoms with E-state index in [0.29, 0.717) is 12.2 Å². The Balaban J connectivity index is 2.08. The predicted octanol–water partition coefficient (Wildman–Crippen LogP) is 2.61. The van der Waals surface area contributed by atoms with Crippen molar-refractivity contribution < 1.29 is 9.47 Å². The zero-order valence-electron chi connectivity index (χ0n) is 16.3. The van der Waals surface area contributed by atoms with Gasteiger partial charge in [-0.25, -0.2) is 4.79 Å². The molecule has 0 aromatic carbocycles. The number of hydrogen-bond acceptors (Lipinski definition) is 4. The van der Waals surface area contributed by atoms with Gasteiger partial charge in [-0.3, -0.25) is 14.3 Å². The van der Waals surface area contributed by atoms with Crippen LogP contribution in [0, 0.1) is 23.7 Å². The van der Waals surface area contributed by atoms with E-state index in [9.17, 15) is 9.59 Å². The molecule has 3 heterocycles. The van der Waals surface area contributed by atoms with Crippen LogP contribution in [0.3, 0.4) is 0 Å². The zero-order chi connectivity index (χ0) is 18.8. The maximum absolute atomic E-state index is 12.4. The van der Waals surface area contributed by atoms with Crippen LogP contribution >= 0.6 is 0 Å². The summed E-state index contributed by atoms with van der Waals surface area (Å²) in [5, 5.41) is 0. The molecular weight excluding hydrogens is 320 g/mol. The summed E-state index contributed by atoms with van der Waals surface area (Å²) < 4.78 is 14.2. The highest BCUT2D eigenvalue weighted by atomic mass is 16.6. The third-order valence-electron chi connectivity index (χ3n) is 5.23. The van der Waals surface area contributed by atoms with Crippen LogP contribution in [-0.2, 0) is 9.47 Å². The van der Waals surface area contributed by atoms with Crippen LogP contribution in [0.25, 0.3) is 0 Å². The lowest BCUT2D eigenvalue weighted by Crippen LogP contribution is -2.45. The molecule has 2 fully saturated rings. The molecule has 0 saturated carbocycles. The number of ether oxygens (including phenoxy) is 2. The minimum atomic E-state index is -0.511. The Morgan fingerprint density at radius 1 is 1.24 bits per heavy atom. The fourth-order valence-corrected chi connectivity index (χ4v) is 4.76. The number of aromatic nitrogens is 2. The summed E-state index contributed by atoms with van der Waals surface area (Å²) in [4.78, 5) is 26.4. The van der Waals surface area contributed by atoms with Crippen LogP contribution in [0.2, 0.25) is 0 Å². The maximum atomic E-state index is 12.4. The molecule has 2 saturated heterocycles. The van der Waals surface area contributed by atoms with Gasteiger partial charge in [0.05, 0.1) is 6.61 Å². The Hall–Kier alpha value is -1.40. The van der Waals surface area contributed by atoms with E-state index in [1.54, 1.807) is 13.1 Å². The Bertz CT molecular complexity index is 780. The summed E-state index contributed by atoms with van der Waals surface area (Å²) in [6.45, 7) is 15.4. The topological polar surface area (TPSA) is 73.3 Å². The molecule has 4 atom stereocenters. The van der Waals surface area contributed by atoms with Gasteiger partial charge in [-0.05, 0) is 24.2 Å². The molecule has 3 unspecified atom stereocenters. The molecule has 6 nitrogen and oxygen atoms in total. The number of aromatic amines is 1. The lowest BCUT2D eigenvalue weighted by atomic mass is 9.66. The molecule has 2 bridgehead atoms. The van der Waals surface area contributed by atoms with Crippen molar-refractivity contribution >= 4 is 0 Å². The maximum Gasteiger partial charge on any atom is 0.330 e. The Kier molecular flexibility index (Phi) is 4.08. The Morgan fingerprint density at radius 2 is 1.88 bits per heavy atom. The van der Waals surface area contributed by atoms with E-state index in [-0.39, 0.29) is 28.4 Å². The molecule has 0 aliphatic carbocycles. The molecule has 2 aliphatic rings. The molecule has 6 heteroatoms. The van der Waals surface area contributed by atoms with E-state index >= 15 is 0 Å². The number of hydrogen-bond donors (Lipinski definition) is 1. The zero-order valence-corrected chi connectivity index (χ0v) is 16.3. The molecule has 1 aromatic rings. The summed E-state index contributed by atoms with van der Waals surface area (Å²) in [5.41, 5.74) is -0.694. The average molecular weight is 350 g/mol. The van der Waals surface area contributed by atoms with Crippen molar-refractivity contribution in [3.8, 4) is 0 Å². The lowest BCUT2D eigenvalue weighted by Gasteiger charge is -2.40. The van der Waals surface area contributed by atoms with E-state index in [4.69, 9.17) is 9.47 Å². The van der Waals surface area contributed by atoms with Crippen molar-refractivity contribution in [3.63, 3.8) is 0 Å². The first-order valence-electron chi connectivity index (χ1n) is 8.96. The predicted molar refractivity (Wildman–Crippen MR) is 95.7 cm³/mol. The summed E-state index contributed by atoms with van der Waals surface area (Å²) in [6, 6.07) is 0. The molecule has 0 radical (unpaired) electrons. The van der Waals surface area contributed by atoms with Crippen LogP contribution in [0.15, 0.2) is 15.8 Å². The molecule has 0 spiro atoms. The van der Waals surface area contributed by atoms with E-state index in [2.05, 4.69) is 46.5 Å². The van der Waals surface area contributed by atoms with Gasteiger partial charge in [-0.2, -0.15) is 0 Å². The van der Waals surface area contributed by atoms with Crippen molar-refractivity contribution in [1.29, 1.82) is 0 Å². The monoisotopic (exact) mass is 350 g/mol. The van der Waals surface area contributed by atoms with Crippen molar-refractivity contribution in [2.24, 2.45) is 16.7 Å². The number of aryl methyl sites for hydroxylation is 1. The third-order valence-corrected chi connectivity index (χ3v) is 5.23. The second-order valence-electron chi connectivity index (χ2n) is 9.91. The molecular formula is C19H30N2O4. The fraction of sp³-hybridized carbons (Fsp3) is 0.789. The average Bonchev–Trinajstić information content (AvgIpc) is 2.92. The highest BCUT2D eigenvalue weighted by molar-refractivity contribution is 5.12. The highest BCUT2D eigenvalue weighted by Crippen LogP contribution is 2.58. The van der Waals surface area contributed by atoms with Gasteiger partial charge in [0.2, 0.25) is 0 Å². The van der Waals surface area contributed by atoms with Gasteiger partial charge in [0, 0.05) is 17.7 Å². The minimum Gasteiger partial charge on any atom is -0.370 e. The first-order chi connectivity index (χ1) is 11.3. The number of nitrogens with zero attached hydrogens (tertiary/aromatic N) is 1. The van der Waals surface area contributed by atoms with Gasteiger partial charge < -0.3 is 9.47 Å². The number of fused-ring (bicyclic) bond motifs is 2. The summed E-state index contributed by atoms with van der Waals surface area (Å²) in [6.07, 6.45) is 1.72. The number of nitrogens with one attached hydrogen (secondary N) is 1. The van der Waals surface area contributed by atoms with E-state index in [1.165, 1.54) is 4.57 Å². The van der Waals surface area contributed by atoms with Gasteiger partial charge in [0.1, 0.15) is 11.7 Å². The fourth-order valence-electron chi connectivity index (χ4n) is 4.76. The van der Waals surface area contributed by atoms with Crippen molar-refractivity contribution in [1.82, 2.24) is 9.55 Å². The molecule has 2 aliphatic heterocycles. The van der Waals surface area contributed by atoms with Gasteiger partial charge in [-0.1, -0.05) is 41.5 Å². The molecule has 1 N–H and O–H groups in total. The SMILES string of the molecule is Cc1cn(C2O[C@]3(CC(C)(C)C)COC2C3C(C)(C)C)c(=O)[nH]c1=O. The molecule has 140 valence electrons. The first kappa shape index (κ1) is 18.4. The number of H-pyrrole nitrogens is 1. The first-order valence-corrected chi connectivity index (χ1v) is 8.96. The minimum absolute atomic E-state index is 0.0258. The third kappa shape index (κ3) is 3.10. The van der Waals surface area contributed by atoms with Gasteiger partial charge in [0.15, 0.2) is 6.23 Å². The summed E-state index contributed by atoms with van der Waals surface area (Å²) >= 11 is 0. The van der Waals surface area contributed by atoms with E-state index < -0.39 is 17.5 Å². The molecule has 3 rings (SSSR count). The normalized spacial score (nSPS) is 32.4. The van der Waals surface area contributed by atoms with Crippen LogP contribution in [0.5, 0.6) is 0 Å². The highest BCUT2D eigenvalue weighted by Gasteiger charge is 2.65. The van der Waals surface area contributed by atoms with Crippen LogP contribution in [0.4, 0.5) is 0 Å². The quantitative estimate of drug-likeness (QED) is 0.890. The molecule has 0 amide bonds. The van der Waals surface area contributed by atoms with Crippen LogP contribution in [-0.4, -0.2) is 27.9 Å². The largest absolute Gasteiger partial charge is 0.370 e. The van der Waals surface area contributed by atoms with Gasteiger partial charge in [-0.15, -0.1) is 0 Å². The summed E-state index contributed by atoms with van der Waals surface area (Å²) in [5.74, 6) is 0.170. The Morgan fingerprint density at radius 3 is 2.44 bits per heavy atom. The lowest BCUT2D eigenvalue weighted by molar-refractivity contribution is -0.184. The van der Waals surface area contributed by atoms with Crippen LogP contribution < -0.4 is 11.2 Å². The second-order valence-corrected chi connectivity index (χ2v) is 9.91. The Labute approximate surface area is 148 Å². The molecule has 25 heavy (non-hydrogen) atoms. The van der Waals surface area contributed by atoms with E-state index in [1.807, 2.05) is 0 Å². The molecule has 1 aromatic heterocycles. The van der Waals surface area contributed by atoms with Crippen molar-refractivity contribution in [2.75, 3.05) is 6.61 Å². The summed E-state index contributed by atoms with van der Waals surface area (Å²) in [7, 11) is 0. The standard InChI is InChI=1S/C19H30N2O4/c1-11-8-21(16(23)20-14(11)22)15-12-13(18(5,6)7)19(25-15,10-24-12)9-17(2,3)4/h8,12-13,15H,9-10H2,1-7H3,(H,20,22,23)/t12?,13?,15?,19-/m1/s1. The van der Waals surface area contributed by atoms with E-state index in [0.717, 1.165) is 6.42 Å². The van der Waals surface area contributed by atoms with Gasteiger partial charge in [0.25, 0.3) is 5.56 Å². The van der Waals surface area contributed by atoms with Crippen molar-refractivity contribution in [3.05, 3.63) is 32.6 Å². The second kappa shape index (κ2) is 5.55. The van der Waals surface area contributed by atoms with Crippen LogP contribution in [0.1, 0.15) is 59.8 Å². The smallest absolute Gasteiger partial charge is 0.330 e.